The van der Waals surface area contributed by atoms with Crippen molar-refractivity contribution in [3.8, 4) is 5.75 Å². The SMILES string of the molecule is CCCCc1c(C=CC(=O)NCCCCN2C=NC=CC2)ccc2ccc(OC)cc12. The first kappa shape index (κ1) is 22.6. The molecule has 5 heteroatoms. The summed E-state index contributed by atoms with van der Waals surface area (Å²) in [4.78, 5) is 18.6. The van der Waals surface area contributed by atoms with Gasteiger partial charge in [0, 0.05) is 31.9 Å². The van der Waals surface area contributed by atoms with Crippen molar-refractivity contribution in [1.82, 2.24) is 10.2 Å². The Morgan fingerprint density at radius 1 is 1.23 bits per heavy atom. The summed E-state index contributed by atoms with van der Waals surface area (Å²) in [5.41, 5.74) is 2.38. The Labute approximate surface area is 185 Å². The van der Waals surface area contributed by atoms with Gasteiger partial charge in [-0.1, -0.05) is 31.5 Å². The van der Waals surface area contributed by atoms with Crippen molar-refractivity contribution >= 4 is 29.1 Å². The third-order valence-electron chi connectivity index (χ3n) is 5.50. The molecule has 5 nitrogen and oxygen atoms in total. The van der Waals surface area contributed by atoms with Gasteiger partial charge in [-0.3, -0.25) is 4.79 Å². The summed E-state index contributed by atoms with van der Waals surface area (Å²) >= 11 is 0. The summed E-state index contributed by atoms with van der Waals surface area (Å²) in [5, 5.41) is 5.39. The van der Waals surface area contributed by atoms with Gasteiger partial charge in [0.15, 0.2) is 0 Å². The van der Waals surface area contributed by atoms with Crippen LogP contribution >= 0.6 is 0 Å². The van der Waals surface area contributed by atoms with E-state index in [1.54, 1.807) is 13.2 Å². The minimum absolute atomic E-state index is 0.0466. The highest BCUT2D eigenvalue weighted by Gasteiger charge is 2.08. The Bertz CT molecular complexity index is 963. The van der Waals surface area contributed by atoms with Gasteiger partial charge in [0.1, 0.15) is 5.75 Å². The molecule has 2 aromatic carbocycles. The number of fused-ring (bicyclic) bond motifs is 1. The van der Waals surface area contributed by atoms with Gasteiger partial charge < -0.3 is 15.0 Å². The van der Waals surface area contributed by atoms with E-state index in [-0.39, 0.29) is 5.91 Å². The van der Waals surface area contributed by atoms with Gasteiger partial charge in [-0.25, -0.2) is 4.99 Å². The molecule has 0 saturated heterocycles. The number of unbranched alkanes of at least 4 members (excludes halogenated alkanes) is 2. The zero-order valence-corrected chi connectivity index (χ0v) is 18.6. The van der Waals surface area contributed by atoms with E-state index >= 15 is 0 Å². The lowest BCUT2D eigenvalue weighted by Crippen LogP contribution is -2.26. The molecule has 1 amide bonds. The van der Waals surface area contributed by atoms with E-state index in [9.17, 15) is 4.79 Å². The molecule has 1 heterocycles. The molecule has 0 aliphatic carbocycles. The lowest BCUT2D eigenvalue weighted by Gasteiger charge is -2.18. The Balaban J connectivity index is 1.58. The highest BCUT2D eigenvalue weighted by Crippen LogP contribution is 2.28. The maximum Gasteiger partial charge on any atom is 0.243 e. The first-order valence-electron chi connectivity index (χ1n) is 11.2. The second-order valence-electron chi connectivity index (χ2n) is 7.80. The average Bonchev–Trinajstić information content (AvgIpc) is 2.81. The fourth-order valence-corrected chi connectivity index (χ4v) is 3.74. The van der Waals surface area contributed by atoms with E-state index < -0.39 is 0 Å². The molecule has 0 spiro atoms. The maximum atomic E-state index is 12.3. The second-order valence-corrected chi connectivity index (χ2v) is 7.80. The minimum atomic E-state index is -0.0466. The summed E-state index contributed by atoms with van der Waals surface area (Å²) in [5.74, 6) is 0.811. The van der Waals surface area contributed by atoms with Crippen LogP contribution in [-0.2, 0) is 11.2 Å². The lowest BCUT2D eigenvalue weighted by atomic mass is 9.94. The fourth-order valence-electron chi connectivity index (χ4n) is 3.74. The second kappa shape index (κ2) is 11.9. The van der Waals surface area contributed by atoms with E-state index in [0.29, 0.717) is 6.54 Å². The standard InChI is InChI=1S/C26H33N3O2/c1-3-4-8-24-21(9-10-22-11-13-23(31-2)19-25(22)24)12-14-26(30)28-16-5-6-17-29-18-7-15-27-20-29/h7,9-15,19-20H,3-6,8,16-18H2,1-2H3,(H,28,30). The molecule has 0 atom stereocenters. The number of rotatable bonds is 11. The molecular weight excluding hydrogens is 386 g/mol. The van der Waals surface area contributed by atoms with Crippen molar-refractivity contribution in [2.24, 2.45) is 4.99 Å². The molecule has 31 heavy (non-hydrogen) atoms. The number of nitrogens with one attached hydrogen (secondary N) is 1. The molecule has 0 fully saturated rings. The van der Waals surface area contributed by atoms with Crippen LogP contribution in [0.1, 0.15) is 43.7 Å². The summed E-state index contributed by atoms with van der Waals surface area (Å²) < 4.78 is 5.43. The normalized spacial score (nSPS) is 13.3. The topological polar surface area (TPSA) is 53.9 Å². The number of benzene rings is 2. The fraction of sp³-hybridized carbons (Fsp3) is 0.385. The zero-order chi connectivity index (χ0) is 21.9. The van der Waals surface area contributed by atoms with Crippen molar-refractivity contribution in [2.75, 3.05) is 26.7 Å². The van der Waals surface area contributed by atoms with Gasteiger partial charge >= 0.3 is 0 Å². The van der Waals surface area contributed by atoms with Crippen LogP contribution in [0.4, 0.5) is 0 Å². The highest BCUT2D eigenvalue weighted by molar-refractivity contribution is 5.94. The van der Waals surface area contributed by atoms with E-state index in [1.165, 1.54) is 16.3 Å². The van der Waals surface area contributed by atoms with E-state index in [1.807, 2.05) is 30.8 Å². The molecule has 0 aromatic heterocycles. The Kier molecular flexibility index (Phi) is 8.71. The monoisotopic (exact) mass is 419 g/mol. The number of aryl methyl sites for hydroxylation is 1. The predicted octanol–water partition coefficient (Wildman–Crippen LogP) is 4.96. The van der Waals surface area contributed by atoms with Gasteiger partial charge in [0.05, 0.1) is 13.4 Å². The molecule has 0 unspecified atom stereocenters. The quantitative estimate of drug-likeness (QED) is 0.414. The van der Waals surface area contributed by atoms with Crippen LogP contribution in [0, 0.1) is 0 Å². The molecular formula is C26H33N3O2. The van der Waals surface area contributed by atoms with Gasteiger partial charge in [-0.2, -0.15) is 0 Å². The summed E-state index contributed by atoms with van der Waals surface area (Å²) in [6.07, 6.45) is 14.5. The smallest absolute Gasteiger partial charge is 0.243 e. The van der Waals surface area contributed by atoms with Crippen LogP contribution in [0.25, 0.3) is 16.8 Å². The van der Waals surface area contributed by atoms with Gasteiger partial charge in [0.25, 0.3) is 0 Å². The number of hydrogen-bond donors (Lipinski definition) is 1. The number of carbonyl (C=O) groups is 1. The minimum Gasteiger partial charge on any atom is -0.497 e. The summed E-state index contributed by atoms with van der Waals surface area (Å²) in [7, 11) is 1.69. The Morgan fingerprint density at radius 3 is 2.87 bits per heavy atom. The van der Waals surface area contributed by atoms with E-state index in [4.69, 9.17) is 4.74 Å². The highest BCUT2D eigenvalue weighted by atomic mass is 16.5. The zero-order valence-electron chi connectivity index (χ0n) is 18.6. The summed E-state index contributed by atoms with van der Waals surface area (Å²) in [6, 6.07) is 10.4. The van der Waals surface area contributed by atoms with Crippen molar-refractivity contribution in [2.45, 2.75) is 39.0 Å². The van der Waals surface area contributed by atoms with E-state index in [2.05, 4.69) is 46.4 Å². The number of ether oxygens (including phenoxy) is 1. The van der Waals surface area contributed by atoms with Crippen LogP contribution in [0.3, 0.4) is 0 Å². The molecule has 0 saturated carbocycles. The number of nitrogens with zero attached hydrogens (tertiary/aromatic N) is 2. The number of amides is 1. The Hall–Kier alpha value is -3.08. The number of hydrogen-bond acceptors (Lipinski definition) is 4. The molecule has 164 valence electrons. The molecule has 1 aliphatic rings. The van der Waals surface area contributed by atoms with Crippen LogP contribution in [0.5, 0.6) is 5.75 Å². The van der Waals surface area contributed by atoms with Crippen LogP contribution in [0.2, 0.25) is 0 Å². The van der Waals surface area contributed by atoms with Gasteiger partial charge in [0.2, 0.25) is 5.91 Å². The third kappa shape index (κ3) is 6.71. The van der Waals surface area contributed by atoms with Crippen molar-refractivity contribution in [3.63, 3.8) is 0 Å². The number of methoxy groups -OCH3 is 1. The molecule has 3 rings (SSSR count). The van der Waals surface area contributed by atoms with Gasteiger partial charge in [-0.05, 0) is 71.9 Å². The van der Waals surface area contributed by atoms with Crippen LogP contribution < -0.4 is 10.1 Å². The lowest BCUT2D eigenvalue weighted by molar-refractivity contribution is -0.116. The van der Waals surface area contributed by atoms with Gasteiger partial charge in [-0.15, -0.1) is 0 Å². The average molecular weight is 420 g/mol. The van der Waals surface area contributed by atoms with Crippen LogP contribution in [-0.4, -0.2) is 43.9 Å². The molecule has 1 N–H and O–H groups in total. The third-order valence-corrected chi connectivity index (χ3v) is 5.50. The van der Waals surface area contributed by atoms with Crippen molar-refractivity contribution < 1.29 is 9.53 Å². The van der Waals surface area contributed by atoms with Crippen LogP contribution in [0.15, 0.2) is 53.7 Å². The van der Waals surface area contributed by atoms with Crippen molar-refractivity contribution in [1.29, 1.82) is 0 Å². The first-order chi connectivity index (χ1) is 15.2. The molecule has 0 radical (unpaired) electrons. The molecule has 0 bridgehead atoms. The Morgan fingerprint density at radius 2 is 2.10 bits per heavy atom. The largest absolute Gasteiger partial charge is 0.497 e. The summed E-state index contributed by atoms with van der Waals surface area (Å²) in [6.45, 7) is 4.75. The molecule has 1 aliphatic heterocycles. The number of carbonyl (C=O) groups excluding carboxylic acids is 1. The van der Waals surface area contributed by atoms with E-state index in [0.717, 1.165) is 56.5 Å². The van der Waals surface area contributed by atoms with Crippen molar-refractivity contribution in [3.05, 3.63) is 59.8 Å². The number of aliphatic imine (C=N–C) groups is 1. The predicted molar refractivity (Wildman–Crippen MR) is 130 cm³/mol. The first-order valence-corrected chi connectivity index (χ1v) is 11.2. The maximum absolute atomic E-state index is 12.3. The molecule has 2 aromatic rings.